The van der Waals surface area contributed by atoms with Crippen molar-refractivity contribution in [3.63, 3.8) is 0 Å². The van der Waals surface area contributed by atoms with Gasteiger partial charge in [0.2, 0.25) is 0 Å². The summed E-state index contributed by atoms with van der Waals surface area (Å²) in [5.74, 6) is 0. The highest BCUT2D eigenvalue weighted by molar-refractivity contribution is 6.32. The Morgan fingerprint density at radius 3 is 2.78 bits per heavy atom. The van der Waals surface area contributed by atoms with Gasteiger partial charge in [-0.25, -0.2) is 14.8 Å². The Morgan fingerprint density at radius 1 is 1.22 bits per heavy atom. The molecule has 2 N–H and O–H groups in total. The van der Waals surface area contributed by atoms with Crippen molar-refractivity contribution in [1.82, 2.24) is 24.5 Å². The Balaban J connectivity index is 1.91. The number of alkyl halides is 2. The van der Waals surface area contributed by atoms with Gasteiger partial charge in [0.1, 0.15) is 17.2 Å². The highest BCUT2D eigenvalue weighted by Gasteiger charge is 2.16. The molecule has 3 aromatic heterocycles. The van der Waals surface area contributed by atoms with Crippen LogP contribution in [0.3, 0.4) is 0 Å². The van der Waals surface area contributed by atoms with E-state index >= 15 is 0 Å². The lowest BCUT2D eigenvalue weighted by molar-refractivity contribution is 0.0705. The zero-order valence-corrected chi connectivity index (χ0v) is 12.1. The van der Waals surface area contributed by atoms with Crippen LogP contribution >= 0.6 is 11.6 Å². The summed E-state index contributed by atoms with van der Waals surface area (Å²) >= 11 is 5.96. The third-order valence-corrected chi connectivity index (χ3v) is 3.89. The van der Waals surface area contributed by atoms with E-state index in [0.717, 1.165) is 11.7 Å². The van der Waals surface area contributed by atoms with Gasteiger partial charge in [-0.2, -0.15) is 8.78 Å². The first-order valence-electron chi connectivity index (χ1n) is 6.56. The molecule has 3 heterocycles. The summed E-state index contributed by atoms with van der Waals surface area (Å²) in [4.78, 5) is 24.8. The van der Waals surface area contributed by atoms with Gasteiger partial charge in [-0.05, 0) is 18.2 Å². The lowest BCUT2D eigenvalue weighted by atomic mass is 10.1. The minimum Gasteiger partial charge on any atom is -0.304 e. The van der Waals surface area contributed by atoms with E-state index in [-0.39, 0.29) is 16.5 Å². The molecule has 0 aliphatic heterocycles. The van der Waals surface area contributed by atoms with Crippen molar-refractivity contribution in [3.05, 3.63) is 46.2 Å². The summed E-state index contributed by atoms with van der Waals surface area (Å²) in [5, 5.41) is 0.594. The highest BCUT2D eigenvalue weighted by Crippen LogP contribution is 2.31. The Kier molecular flexibility index (Phi) is 2.95. The molecule has 0 saturated carbocycles. The normalized spacial score (nSPS) is 11.8. The van der Waals surface area contributed by atoms with Gasteiger partial charge < -0.3 is 4.98 Å². The molecule has 4 rings (SSSR count). The molecule has 0 bridgehead atoms. The third kappa shape index (κ3) is 2.18. The number of hydrogen-bond acceptors (Lipinski definition) is 3. The number of imidazole rings is 2. The maximum absolute atomic E-state index is 12.8. The van der Waals surface area contributed by atoms with Crippen molar-refractivity contribution >= 4 is 33.7 Å². The quantitative estimate of drug-likeness (QED) is 0.590. The number of fused-ring (bicyclic) bond motifs is 2. The van der Waals surface area contributed by atoms with E-state index in [1.807, 2.05) is 0 Å². The topological polar surface area (TPSA) is 79.4 Å². The smallest absolute Gasteiger partial charge is 0.304 e. The summed E-state index contributed by atoms with van der Waals surface area (Å²) < 4.78 is 26.1. The van der Waals surface area contributed by atoms with Crippen LogP contribution in [0.25, 0.3) is 33.3 Å². The number of nitrogens with one attached hydrogen (secondary N) is 2. The molecule has 6 nitrogen and oxygen atoms in total. The minimum absolute atomic E-state index is 0.136. The van der Waals surface area contributed by atoms with E-state index in [2.05, 4.69) is 19.9 Å². The van der Waals surface area contributed by atoms with E-state index in [9.17, 15) is 13.6 Å². The number of pyridine rings is 1. The standard InChI is InChI=1S/C14H8ClF2N5O/c15-11-10(18-5-22(11)13(16)17)6-1-2-8-7(3-6)4-9-12(19-8)21-14(23)20-9/h1-5,13H,(H2,19,20,21,23). The fraction of sp³-hybridized carbons (Fsp3) is 0.0714. The van der Waals surface area contributed by atoms with E-state index in [0.29, 0.717) is 26.8 Å². The van der Waals surface area contributed by atoms with Crippen molar-refractivity contribution in [1.29, 1.82) is 0 Å². The monoisotopic (exact) mass is 335 g/mol. The van der Waals surface area contributed by atoms with Gasteiger partial charge in [-0.15, -0.1) is 0 Å². The summed E-state index contributed by atoms with van der Waals surface area (Å²) in [6, 6.07) is 6.89. The number of halogens is 3. The van der Waals surface area contributed by atoms with Crippen molar-refractivity contribution < 1.29 is 8.78 Å². The molecular weight excluding hydrogens is 328 g/mol. The highest BCUT2D eigenvalue weighted by atomic mass is 35.5. The minimum atomic E-state index is -2.75. The summed E-state index contributed by atoms with van der Waals surface area (Å²) in [6.45, 7) is -2.75. The van der Waals surface area contributed by atoms with Gasteiger partial charge in [0.15, 0.2) is 5.65 Å². The van der Waals surface area contributed by atoms with Gasteiger partial charge in [-0.3, -0.25) is 9.55 Å². The number of H-pyrrole nitrogens is 2. The molecule has 0 saturated heterocycles. The molecule has 0 aliphatic rings. The van der Waals surface area contributed by atoms with Gasteiger partial charge in [0, 0.05) is 10.9 Å². The van der Waals surface area contributed by atoms with Crippen molar-refractivity contribution in [2.45, 2.75) is 6.55 Å². The van der Waals surface area contributed by atoms with Crippen LogP contribution in [-0.2, 0) is 0 Å². The SMILES string of the molecule is O=c1[nH]c2cc3cc(-c4ncn(C(F)F)c4Cl)ccc3nc2[nH]1. The lowest BCUT2D eigenvalue weighted by Crippen LogP contribution is -1.99. The Hall–Kier alpha value is -2.74. The zero-order valence-electron chi connectivity index (χ0n) is 11.3. The van der Waals surface area contributed by atoms with Crippen LogP contribution in [0, 0.1) is 0 Å². The van der Waals surface area contributed by atoms with Gasteiger partial charge >= 0.3 is 12.2 Å². The van der Waals surface area contributed by atoms with E-state index in [4.69, 9.17) is 11.6 Å². The average Bonchev–Trinajstić information content (AvgIpc) is 3.05. The molecule has 0 amide bonds. The second kappa shape index (κ2) is 4.88. The molecule has 0 radical (unpaired) electrons. The predicted molar refractivity (Wildman–Crippen MR) is 81.7 cm³/mol. The fourth-order valence-electron chi connectivity index (χ4n) is 2.45. The molecule has 9 heteroatoms. The summed E-state index contributed by atoms with van der Waals surface area (Å²) in [6.07, 6.45) is 0.998. The van der Waals surface area contributed by atoms with Crippen LogP contribution in [0.4, 0.5) is 8.78 Å². The maximum Gasteiger partial charge on any atom is 0.325 e. The van der Waals surface area contributed by atoms with Crippen LogP contribution in [-0.4, -0.2) is 24.5 Å². The molecule has 23 heavy (non-hydrogen) atoms. The molecule has 4 aromatic rings. The number of aromatic amines is 2. The summed E-state index contributed by atoms with van der Waals surface area (Å²) in [7, 11) is 0. The van der Waals surface area contributed by atoms with E-state index in [1.165, 1.54) is 0 Å². The average molecular weight is 336 g/mol. The third-order valence-electron chi connectivity index (χ3n) is 3.51. The van der Waals surface area contributed by atoms with Gasteiger partial charge in [0.25, 0.3) is 0 Å². The van der Waals surface area contributed by atoms with Crippen LogP contribution in [0.15, 0.2) is 35.4 Å². The molecule has 0 spiro atoms. The molecule has 1 aromatic carbocycles. The van der Waals surface area contributed by atoms with E-state index < -0.39 is 6.55 Å². The number of benzene rings is 1. The van der Waals surface area contributed by atoms with Crippen molar-refractivity contribution in [2.75, 3.05) is 0 Å². The fourth-order valence-corrected chi connectivity index (χ4v) is 2.73. The number of nitrogens with zero attached hydrogens (tertiary/aromatic N) is 3. The van der Waals surface area contributed by atoms with Crippen LogP contribution < -0.4 is 5.69 Å². The number of hydrogen-bond donors (Lipinski definition) is 2. The Morgan fingerprint density at radius 2 is 2.04 bits per heavy atom. The first-order chi connectivity index (χ1) is 11.0. The first kappa shape index (κ1) is 13.9. The second-order valence-electron chi connectivity index (χ2n) is 4.94. The lowest BCUT2D eigenvalue weighted by Gasteiger charge is -2.04. The van der Waals surface area contributed by atoms with E-state index in [1.54, 1.807) is 24.3 Å². The number of rotatable bonds is 2. The van der Waals surface area contributed by atoms with Crippen LogP contribution in [0.2, 0.25) is 5.15 Å². The Labute approximate surface area is 131 Å². The molecule has 0 unspecified atom stereocenters. The number of aromatic nitrogens is 5. The zero-order chi connectivity index (χ0) is 16.1. The van der Waals surface area contributed by atoms with Gasteiger partial charge in [0.05, 0.1) is 11.0 Å². The van der Waals surface area contributed by atoms with Crippen LogP contribution in [0.5, 0.6) is 0 Å². The maximum atomic E-state index is 12.8. The van der Waals surface area contributed by atoms with Crippen LogP contribution in [0.1, 0.15) is 6.55 Å². The van der Waals surface area contributed by atoms with Gasteiger partial charge in [-0.1, -0.05) is 17.7 Å². The predicted octanol–water partition coefficient (Wildman–Crippen LogP) is 3.32. The van der Waals surface area contributed by atoms with Crippen molar-refractivity contribution in [3.8, 4) is 11.3 Å². The van der Waals surface area contributed by atoms with Crippen molar-refractivity contribution in [2.24, 2.45) is 0 Å². The first-order valence-corrected chi connectivity index (χ1v) is 6.94. The second-order valence-corrected chi connectivity index (χ2v) is 5.30. The molecular formula is C14H8ClF2N5O. The molecule has 116 valence electrons. The summed E-state index contributed by atoms with van der Waals surface area (Å²) in [5.41, 5.74) is 2.17. The largest absolute Gasteiger partial charge is 0.325 e. The Bertz CT molecular complexity index is 1100. The molecule has 0 aliphatic carbocycles. The molecule has 0 atom stereocenters. The molecule has 0 fully saturated rings.